The predicted octanol–water partition coefficient (Wildman–Crippen LogP) is 2.72. The minimum Gasteiger partial charge on any atom is -0.454 e. The van der Waals surface area contributed by atoms with Gasteiger partial charge in [0.1, 0.15) is 5.52 Å². The fourth-order valence-corrected chi connectivity index (χ4v) is 4.37. The standard InChI is InChI=1S/C16H16IN5O2S/c1-19-4-5-22-10-2-3-20-15(18)14(10)21-16(22)25-13-7-12-11(6-9(13)17)23-8-24-12/h2-3,6-7,19H,4-5,8H2,1H3,(H2,18,20). The first kappa shape index (κ1) is 16.7. The lowest BCUT2D eigenvalue weighted by Crippen LogP contribution is -2.15. The van der Waals surface area contributed by atoms with Gasteiger partial charge in [0, 0.05) is 27.8 Å². The van der Waals surface area contributed by atoms with Crippen molar-refractivity contribution in [3.05, 3.63) is 28.0 Å². The van der Waals surface area contributed by atoms with E-state index in [1.807, 2.05) is 25.2 Å². The minimum atomic E-state index is 0.266. The van der Waals surface area contributed by atoms with Crippen molar-refractivity contribution in [3.8, 4) is 11.5 Å². The van der Waals surface area contributed by atoms with E-state index in [9.17, 15) is 0 Å². The fourth-order valence-electron chi connectivity index (χ4n) is 2.64. The molecule has 0 atom stereocenters. The van der Waals surface area contributed by atoms with Crippen molar-refractivity contribution in [2.24, 2.45) is 0 Å². The molecule has 1 aliphatic heterocycles. The quantitative estimate of drug-likeness (QED) is 0.556. The third-order valence-electron chi connectivity index (χ3n) is 3.87. The summed E-state index contributed by atoms with van der Waals surface area (Å²) in [4.78, 5) is 9.95. The van der Waals surface area contributed by atoms with E-state index in [2.05, 4.69) is 37.5 Å². The number of nitrogens with two attached hydrogens (primary N) is 1. The molecule has 0 saturated carbocycles. The Hall–Kier alpha value is -1.72. The van der Waals surface area contributed by atoms with Gasteiger partial charge in [0.15, 0.2) is 22.5 Å². The molecule has 0 saturated heterocycles. The van der Waals surface area contributed by atoms with Crippen LogP contribution >= 0.6 is 34.4 Å². The van der Waals surface area contributed by atoms with E-state index in [4.69, 9.17) is 20.2 Å². The number of hydrogen-bond acceptors (Lipinski definition) is 7. The van der Waals surface area contributed by atoms with Crippen LogP contribution in [0.1, 0.15) is 0 Å². The molecule has 0 aliphatic carbocycles. The number of halogens is 1. The number of anilines is 1. The zero-order valence-electron chi connectivity index (χ0n) is 13.5. The molecule has 2 aromatic heterocycles. The molecule has 0 bridgehead atoms. The number of ether oxygens (including phenoxy) is 2. The summed E-state index contributed by atoms with van der Waals surface area (Å²) in [6.07, 6.45) is 1.72. The van der Waals surface area contributed by atoms with Gasteiger partial charge in [-0.25, -0.2) is 9.97 Å². The zero-order chi connectivity index (χ0) is 17.4. The number of nitrogens with zero attached hydrogens (tertiary/aromatic N) is 3. The van der Waals surface area contributed by atoms with Crippen molar-refractivity contribution in [3.63, 3.8) is 0 Å². The van der Waals surface area contributed by atoms with Gasteiger partial charge in [-0.15, -0.1) is 0 Å². The average molecular weight is 469 g/mol. The highest BCUT2D eigenvalue weighted by Gasteiger charge is 2.20. The van der Waals surface area contributed by atoms with Crippen LogP contribution < -0.4 is 20.5 Å². The molecule has 4 rings (SSSR count). The largest absolute Gasteiger partial charge is 0.454 e. The van der Waals surface area contributed by atoms with E-state index in [1.165, 1.54) is 0 Å². The highest BCUT2D eigenvalue weighted by molar-refractivity contribution is 14.1. The fraction of sp³-hybridized carbons (Fsp3) is 0.250. The number of aromatic nitrogens is 3. The van der Waals surface area contributed by atoms with Crippen molar-refractivity contribution < 1.29 is 9.47 Å². The summed E-state index contributed by atoms with van der Waals surface area (Å²) in [5, 5.41) is 4.06. The summed E-state index contributed by atoms with van der Waals surface area (Å²) in [7, 11) is 1.93. The first-order chi connectivity index (χ1) is 12.2. The molecule has 0 amide bonds. The molecule has 3 N–H and O–H groups in total. The number of pyridine rings is 1. The van der Waals surface area contributed by atoms with E-state index in [1.54, 1.807) is 18.0 Å². The first-order valence-electron chi connectivity index (χ1n) is 7.69. The van der Waals surface area contributed by atoms with Crippen molar-refractivity contribution in [1.29, 1.82) is 0 Å². The molecule has 0 radical (unpaired) electrons. The molecular formula is C16H16IN5O2S. The molecule has 0 unspecified atom stereocenters. The maximum atomic E-state index is 6.01. The van der Waals surface area contributed by atoms with Gasteiger partial charge in [0.05, 0.1) is 5.52 Å². The van der Waals surface area contributed by atoms with Crippen LogP contribution in [0.3, 0.4) is 0 Å². The van der Waals surface area contributed by atoms with Gasteiger partial charge in [-0.2, -0.15) is 0 Å². The zero-order valence-corrected chi connectivity index (χ0v) is 16.4. The Morgan fingerprint density at radius 2 is 2.16 bits per heavy atom. The number of rotatable bonds is 5. The number of hydrogen-bond donors (Lipinski definition) is 2. The second-order valence-corrected chi connectivity index (χ2v) is 7.62. The number of fused-ring (bicyclic) bond motifs is 2. The van der Waals surface area contributed by atoms with E-state index in [0.717, 1.165) is 49.2 Å². The lowest BCUT2D eigenvalue weighted by molar-refractivity contribution is 0.174. The van der Waals surface area contributed by atoms with E-state index < -0.39 is 0 Å². The Bertz CT molecular complexity index is 946. The van der Waals surface area contributed by atoms with E-state index >= 15 is 0 Å². The van der Waals surface area contributed by atoms with Crippen LogP contribution in [0, 0.1) is 3.57 Å². The molecule has 3 heterocycles. The molecule has 0 spiro atoms. The van der Waals surface area contributed by atoms with Crippen LogP contribution in [-0.4, -0.2) is 34.9 Å². The Morgan fingerprint density at radius 3 is 2.96 bits per heavy atom. The molecule has 9 heteroatoms. The Morgan fingerprint density at radius 1 is 1.36 bits per heavy atom. The number of likely N-dealkylation sites (N-methyl/N-ethyl adjacent to an activating group) is 1. The molecule has 25 heavy (non-hydrogen) atoms. The molecule has 1 aromatic carbocycles. The lowest BCUT2D eigenvalue weighted by Gasteiger charge is -2.10. The molecule has 3 aromatic rings. The first-order valence-corrected chi connectivity index (χ1v) is 9.59. The highest BCUT2D eigenvalue weighted by atomic mass is 127. The summed E-state index contributed by atoms with van der Waals surface area (Å²) >= 11 is 3.89. The number of imidazole rings is 1. The highest BCUT2D eigenvalue weighted by Crippen LogP contribution is 2.41. The van der Waals surface area contributed by atoms with Gasteiger partial charge in [0.2, 0.25) is 6.79 Å². The SMILES string of the molecule is CNCCn1c(Sc2cc3c(cc2I)OCO3)nc2c(N)nccc21. The Balaban J connectivity index is 1.77. The van der Waals surface area contributed by atoms with Crippen molar-refractivity contribution in [2.75, 3.05) is 26.1 Å². The van der Waals surface area contributed by atoms with Gasteiger partial charge in [-0.1, -0.05) is 11.8 Å². The average Bonchev–Trinajstić information content (AvgIpc) is 3.18. The molecular weight excluding hydrogens is 453 g/mol. The van der Waals surface area contributed by atoms with E-state index in [0.29, 0.717) is 5.82 Å². The second kappa shape index (κ2) is 6.89. The smallest absolute Gasteiger partial charge is 0.231 e. The topological polar surface area (TPSA) is 87.2 Å². The van der Waals surface area contributed by atoms with Crippen molar-refractivity contribution >= 4 is 51.2 Å². The summed E-state index contributed by atoms with van der Waals surface area (Å²) in [6, 6.07) is 5.93. The third kappa shape index (κ3) is 3.11. The maximum Gasteiger partial charge on any atom is 0.231 e. The predicted molar refractivity (Wildman–Crippen MR) is 105 cm³/mol. The number of nitrogens with one attached hydrogen (secondary N) is 1. The van der Waals surface area contributed by atoms with Gasteiger partial charge in [0.25, 0.3) is 0 Å². The second-order valence-electron chi connectivity index (χ2n) is 5.45. The van der Waals surface area contributed by atoms with Crippen LogP contribution in [0.15, 0.2) is 34.4 Å². The summed E-state index contributed by atoms with van der Waals surface area (Å²) in [5.74, 6) is 2.00. The number of nitrogen functional groups attached to an aromatic ring is 1. The summed E-state index contributed by atoms with van der Waals surface area (Å²) in [5.41, 5.74) is 7.73. The van der Waals surface area contributed by atoms with Crippen LogP contribution in [-0.2, 0) is 6.54 Å². The maximum absolute atomic E-state index is 6.01. The minimum absolute atomic E-state index is 0.266. The molecule has 7 nitrogen and oxygen atoms in total. The summed E-state index contributed by atoms with van der Waals surface area (Å²) in [6.45, 7) is 1.89. The van der Waals surface area contributed by atoms with Crippen LogP contribution in [0.4, 0.5) is 5.82 Å². The molecule has 0 fully saturated rings. The van der Waals surface area contributed by atoms with Gasteiger partial charge in [-0.3, -0.25) is 0 Å². The van der Waals surface area contributed by atoms with Gasteiger partial charge in [-0.05, 0) is 47.8 Å². The lowest BCUT2D eigenvalue weighted by atomic mass is 10.3. The van der Waals surface area contributed by atoms with Crippen LogP contribution in [0.5, 0.6) is 11.5 Å². The number of benzene rings is 1. The van der Waals surface area contributed by atoms with E-state index in [-0.39, 0.29) is 6.79 Å². The third-order valence-corrected chi connectivity index (χ3v) is 6.18. The van der Waals surface area contributed by atoms with Gasteiger partial charge < -0.3 is 25.1 Å². The Labute approximate surface area is 162 Å². The monoisotopic (exact) mass is 469 g/mol. The van der Waals surface area contributed by atoms with Gasteiger partial charge >= 0.3 is 0 Å². The summed E-state index contributed by atoms with van der Waals surface area (Å²) < 4.78 is 14.2. The molecule has 1 aliphatic rings. The normalized spacial score (nSPS) is 12.9. The van der Waals surface area contributed by atoms with Crippen molar-refractivity contribution in [2.45, 2.75) is 16.6 Å². The van der Waals surface area contributed by atoms with Crippen LogP contribution in [0.2, 0.25) is 0 Å². The Kier molecular flexibility index (Phi) is 4.61. The van der Waals surface area contributed by atoms with Crippen LogP contribution in [0.25, 0.3) is 11.0 Å². The van der Waals surface area contributed by atoms with Crippen molar-refractivity contribution in [1.82, 2.24) is 19.9 Å². The molecule has 130 valence electrons.